The minimum absolute atomic E-state index is 0.0662. The van der Waals surface area contributed by atoms with E-state index in [-0.39, 0.29) is 15.5 Å². The van der Waals surface area contributed by atoms with Crippen LogP contribution in [-0.4, -0.2) is 27.2 Å². The highest BCUT2D eigenvalue weighted by Gasteiger charge is 2.19. The third-order valence-electron chi connectivity index (χ3n) is 3.76. The van der Waals surface area contributed by atoms with Crippen molar-refractivity contribution < 1.29 is 17.9 Å². The van der Waals surface area contributed by atoms with Crippen LogP contribution >= 0.6 is 11.6 Å². The van der Waals surface area contributed by atoms with Crippen molar-refractivity contribution in [1.82, 2.24) is 0 Å². The molecule has 0 radical (unpaired) electrons. The van der Waals surface area contributed by atoms with Gasteiger partial charge in [-0.2, -0.15) is 0 Å². The summed E-state index contributed by atoms with van der Waals surface area (Å²) in [4.78, 5) is 12.2. The Bertz CT molecular complexity index is 619. The molecule has 0 unspecified atom stereocenters. The van der Waals surface area contributed by atoms with Crippen molar-refractivity contribution >= 4 is 27.4 Å². The Kier molecular flexibility index (Phi) is 5.27. The maximum absolute atomic E-state index is 12.1. The van der Waals surface area contributed by atoms with Gasteiger partial charge in [0.15, 0.2) is 9.84 Å². The molecule has 1 aliphatic carbocycles. The molecule has 1 aromatic carbocycles. The van der Waals surface area contributed by atoms with Crippen molar-refractivity contribution in [3.05, 3.63) is 28.8 Å². The standard InChI is InChI=1S/C15H19ClO4S/c1-21(18,19)12-7-8-14(16)13(9-12)15(17)20-10-11-5-3-2-4-6-11/h7-9,11H,2-6,10H2,1H3. The van der Waals surface area contributed by atoms with Gasteiger partial charge in [0.1, 0.15) is 0 Å². The fraction of sp³-hybridized carbons (Fsp3) is 0.533. The second kappa shape index (κ2) is 6.79. The Labute approximate surface area is 130 Å². The SMILES string of the molecule is CS(=O)(=O)c1ccc(Cl)c(C(=O)OCC2CCCCC2)c1. The lowest BCUT2D eigenvalue weighted by Crippen LogP contribution is -2.17. The zero-order chi connectivity index (χ0) is 15.5. The molecule has 4 nitrogen and oxygen atoms in total. The zero-order valence-corrected chi connectivity index (χ0v) is 13.5. The Balaban J connectivity index is 2.07. The minimum Gasteiger partial charge on any atom is -0.462 e. The molecule has 0 heterocycles. The summed E-state index contributed by atoms with van der Waals surface area (Å²) in [5.74, 6) is -0.157. The van der Waals surface area contributed by atoms with E-state index in [1.807, 2.05) is 0 Å². The van der Waals surface area contributed by atoms with Gasteiger partial charge >= 0.3 is 5.97 Å². The third-order valence-corrected chi connectivity index (χ3v) is 5.20. The average Bonchev–Trinajstić information content (AvgIpc) is 2.45. The molecule has 2 rings (SSSR count). The summed E-state index contributed by atoms with van der Waals surface area (Å²) < 4.78 is 28.4. The van der Waals surface area contributed by atoms with Gasteiger partial charge in [0.2, 0.25) is 0 Å². The van der Waals surface area contributed by atoms with Gasteiger partial charge < -0.3 is 4.74 Å². The molecule has 0 aliphatic heterocycles. The monoisotopic (exact) mass is 330 g/mol. The quantitative estimate of drug-likeness (QED) is 0.793. The first-order valence-corrected chi connectivity index (χ1v) is 9.31. The Morgan fingerprint density at radius 3 is 2.57 bits per heavy atom. The number of halogens is 1. The highest BCUT2D eigenvalue weighted by molar-refractivity contribution is 7.90. The molecule has 0 spiro atoms. The van der Waals surface area contributed by atoms with Gasteiger partial charge in [0.05, 0.1) is 22.1 Å². The van der Waals surface area contributed by atoms with E-state index in [1.54, 1.807) is 0 Å². The van der Waals surface area contributed by atoms with Gasteiger partial charge in [0.25, 0.3) is 0 Å². The topological polar surface area (TPSA) is 60.4 Å². The summed E-state index contributed by atoms with van der Waals surface area (Å²) in [6.45, 7) is 0.373. The van der Waals surface area contributed by atoms with E-state index < -0.39 is 15.8 Å². The number of sulfone groups is 1. The van der Waals surface area contributed by atoms with Crippen LogP contribution in [0.5, 0.6) is 0 Å². The molecule has 21 heavy (non-hydrogen) atoms. The van der Waals surface area contributed by atoms with Crippen LogP contribution < -0.4 is 0 Å². The van der Waals surface area contributed by atoms with Crippen LogP contribution in [0.15, 0.2) is 23.1 Å². The summed E-state index contributed by atoms with van der Waals surface area (Å²) in [7, 11) is -3.38. The molecule has 1 saturated carbocycles. The van der Waals surface area contributed by atoms with Crippen molar-refractivity contribution in [3.8, 4) is 0 Å². The Morgan fingerprint density at radius 1 is 1.29 bits per heavy atom. The second-order valence-corrected chi connectivity index (χ2v) is 7.94. The normalized spacial score (nSPS) is 16.7. The molecule has 1 aliphatic rings. The van der Waals surface area contributed by atoms with Crippen molar-refractivity contribution in [2.75, 3.05) is 12.9 Å². The van der Waals surface area contributed by atoms with E-state index in [2.05, 4.69) is 0 Å². The van der Waals surface area contributed by atoms with Crippen LogP contribution in [0.4, 0.5) is 0 Å². The summed E-state index contributed by atoms with van der Waals surface area (Å²) in [6.07, 6.45) is 6.83. The van der Waals surface area contributed by atoms with Crippen molar-refractivity contribution in [2.45, 2.75) is 37.0 Å². The van der Waals surface area contributed by atoms with Gasteiger partial charge in [-0.15, -0.1) is 0 Å². The molecular formula is C15H19ClO4S. The van der Waals surface area contributed by atoms with Crippen molar-refractivity contribution in [2.24, 2.45) is 5.92 Å². The summed E-state index contributed by atoms with van der Waals surface area (Å²) >= 11 is 5.97. The molecule has 0 aromatic heterocycles. The average molecular weight is 331 g/mol. The fourth-order valence-electron chi connectivity index (χ4n) is 2.52. The maximum atomic E-state index is 12.1. The lowest BCUT2D eigenvalue weighted by atomic mass is 9.90. The van der Waals surface area contributed by atoms with Crippen molar-refractivity contribution in [1.29, 1.82) is 0 Å². The van der Waals surface area contributed by atoms with Crippen LogP contribution in [0.25, 0.3) is 0 Å². The van der Waals surface area contributed by atoms with Crippen LogP contribution in [0, 0.1) is 5.92 Å². The number of carbonyl (C=O) groups excluding carboxylic acids is 1. The van der Waals surface area contributed by atoms with E-state index in [4.69, 9.17) is 16.3 Å². The number of carbonyl (C=O) groups is 1. The van der Waals surface area contributed by atoms with E-state index >= 15 is 0 Å². The number of hydrogen-bond donors (Lipinski definition) is 0. The third kappa shape index (κ3) is 4.45. The molecule has 116 valence electrons. The van der Waals surface area contributed by atoms with Crippen molar-refractivity contribution in [3.63, 3.8) is 0 Å². The molecule has 0 atom stereocenters. The fourth-order valence-corrected chi connectivity index (χ4v) is 3.36. The highest BCUT2D eigenvalue weighted by atomic mass is 35.5. The Hall–Kier alpha value is -1.07. The van der Waals surface area contributed by atoms with Crippen LogP contribution in [0.1, 0.15) is 42.5 Å². The van der Waals surface area contributed by atoms with Crippen LogP contribution in [0.3, 0.4) is 0 Å². The number of rotatable bonds is 4. The molecule has 0 N–H and O–H groups in total. The summed E-state index contributed by atoms with van der Waals surface area (Å²) in [5, 5.41) is 0.205. The summed E-state index contributed by atoms with van der Waals surface area (Å²) in [6, 6.07) is 4.07. The smallest absolute Gasteiger partial charge is 0.339 e. The molecule has 6 heteroatoms. The van der Waals surface area contributed by atoms with Gasteiger partial charge in [-0.1, -0.05) is 30.9 Å². The predicted octanol–water partition coefficient (Wildman–Crippen LogP) is 3.48. The number of benzene rings is 1. The number of hydrogen-bond acceptors (Lipinski definition) is 4. The minimum atomic E-state index is -3.38. The first-order chi connectivity index (χ1) is 9.88. The summed E-state index contributed by atoms with van der Waals surface area (Å²) in [5.41, 5.74) is 0.107. The lowest BCUT2D eigenvalue weighted by molar-refractivity contribution is 0.0410. The largest absolute Gasteiger partial charge is 0.462 e. The highest BCUT2D eigenvalue weighted by Crippen LogP contribution is 2.25. The van der Waals surface area contributed by atoms with E-state index in [9.17, 15) is 13.2 Å². The zero-order valence-electron chi connectivity index (χ0n) is 12.0. The van der Waals surface area contributed by atoms with Crippen LogP contribution in [-0.2, 0) is 14.6 Å². The number of ether oxygens (including phenoxy) is 1. The van der Waals surface area contributed by atoms with E-state index in [1.165, 1.54) is 37.5 Å². The molecule has 0 amide bonds. The maximum Gasteiger partial charge on any atom is 0.339 e. The lowest BCUT2D eigenvalue weighted by Gasteiger charge is -2.21. The van der Waals surface area contributed by atoms with Crippen LogP contribution in [0.2, 0.25) is 5.02 Å². The van der Waals surface area contributed by atoms with Gasteiger partial charge in [0, 0.05) is 6.26 Å². The number of esters is 1. The first-order valence-electron chi connectivity index (χ1n) is 7.04. The van der Waals surface area contributed by atoms with E-state index in [0.717, 1.165) is 19.1 Å². The molecule has 1 fully saturated rings. The second-order valence-electron chi connectivity index (χ2n) is 5.52. The van der Waals surface area contributed by atoms with Gasteiger partial charge in [-0.25, -0.2) is 13.2 Å². The molecule has 1 aromatic rings. The first kappa shape index (κ1) is 16.3. The Morgan fingerprint density at radius 2 is 1.95 bits per heavy atom. The molecule has 0 saturated heterocycles. The molecular weight excluding hydrogens is 312 g/mol. The predicted molar refractivity (Wildman–Crippen MR) is 81.4 cm³/mol. The van der Waals surface area contributed by atoms with Gasteiger partial charge in [-0.3, -0.25) is 0 Å². The molecule has 0 bridgehead atoms. The van der Waals surface area contributed by atoms with E-state index in [0.29, 0.717) is 12.5 Å². The van der Waals surface area contributed by atoms with Gasteiger partial charge in [-0.05, 0) is 37.0 Å².